The molecule has 2 bridgehead atoms. The van der Waals surface area contributed by atoms with Gasteiger partial charge in [-0.25, -0.2) is 9.88 Å². The van der Waals surface area contributed by atoms with Gasteiger partial charge in [0, 0.05) is 29.9 Å². The SMILES string of the molecule is CC12CCC(CCOc3ccc(-n4ccnc4)cc3)(O1)C1C(=O)N(c3ccc4ccccc4c3C#N)C(=O)C12. The average Bonchev–Trinajstić information content (AvgIpc) is 3.71. The minimum Gasteiger partial charge on any atom is -0.493 e. The first-order chi connectivity index (χ1) is 18.9. The Hall–Kier alpha value is -4.48. The molecule has 3 saturated heterocycles. The van der Waals surface area contributed by atoms with Gasteiger partial charge >= 0.3 is 0 Å². The van der Waals surface area contributed by atoms with Gasteiger partial charge in [-0.1, -0.05) is 30.3 Å². The lowest BCUT2D eigenvalue weighted by molar-refractivity contribution is -0.131. The van der Waals surface area contributed by atoms with Gasteiger partial charge in [-0.3, -0.25) is 9.59 Å². The van der Waals surface area contributed by atoms with Crippen LogP contribution in [0, 0.1) is 23.2 Å². The summed E-state index contributed by atoms with van der Waals surface area (Å²) in [7, 11) is 0. The monoisotopic (exact) mass is 518 g/mol. The predicted molar refractivity (Wildman–Crippen MR) is 143 cm³/mol. The van der Waals surface area contributed by atoms with Gasteiger partial charge in [-0.05, 0) is 55.5 Å². The minimum absolute atomic E-state index is 0.281. The Morgan fingerprint density at radius 3 is 2.62 bits per heavy atom. The first-order valence-electron chi connectivity index (χ1n) is 13.2. The second kappa shape index (κ2) is 8.52. The van der Waals surface area contributed by atoms with Crippen LogP contribution in [0.3, 0.4) is 0 Å². The van der Waals surface area contributed by atoms with E-state index in [4.69, 9.17) is 9.47 Å². The summed E-state index contributed by atoms with van der Waals surface area (Å²) < 4.78 is 14.5. The highest BCUT2D eigenvalue weighted by atomic mass is 16.5. The fourth-order valence-corrected chi connectivity index (χ4v) is 6.88. The molecule has 8 nitrogen and oxygen atoms in total. The third kappa shape index (κ3) is 3.43. The molecule has 3 aliphatic heterocycles. The zero-order valence-corrected chi connectivity index (χ0v) is 21.4. The van der Waals surface area contributed by atoms with Crippen LogP contribution < -0.4 is 9.64 Å². The number of fused-ring (bicyclic) bond motifs is 6. The standard InChI is InChI=1S/C31H26N4O4/c1-30-12-13-31(39-30,14-17-38-22-9-7-21(8-10-22)34-16-15-33-19-34)27-26(30)28(36)35(29(27)37)25-11-6-20-4-2-3-5-23(20)24(25)18-32/h2-11,15-16,19,26-27H,12-14,17H2,1H3. The molecule has 4 heterocycles. The largest absolute Gasteiger partial charge is 0.493 e. The number of carbonyl (C=O) groups is 2. The lowest BCUT2D eigenvalue weighted by atomic mass is 9.67. The summed E-state index contributed by atoms with van der Waals surface area (Å²) in [5.74, 6) is -1.03. The van der Waals surface area contributed by atoms with E-state index in [2.05, 4.69) is 11.1 Å². The number of imidazole rings is 1. The Balaban J connectivity index is 1.15. The number of benzene rings is 3. The zero-order valence-electron chi connectivity index (χ0n) is 21.4. The summed E-state index contributed by atoms with van der Waals surface area (Å²) >= 11 is 0. The Kier molecular flexibility index (Phi) is 5.16. The molecule has 4 unspecified atom stereocenters. The molecule has 4 aromatic rings. The first-order valence-corrected chi connectivity index (χ1v) is 13.2. The molecule has 0 N–H and O–H groups in total. The van der Waals surface area contributed by atoms with Crippen molar-refractivity contribution in [1.29, 1.82) is 5.26 Å². The van der Waals surface area contributed by atoms with E-state index in [9.17, 15) is 14.9 Å². The van der Waals surface area contributed by atoms with Crippen LogP contribution in [0.2, 0.25) is 0 Å². The predicted octanol–water partition coefficient (Wildman–Crippen LogP) is 4.79. The van der Waals surface area contributed by atoms with Crippen LogP contribution in [-0.4, -0.2) is 39.2 Å². The van der Waals surface area contributed by atoms with Crippen molar-refractivity contribution < 1.29 is 19.1 Å². The number of amides is 2. The lowest BCUT2D eigenvalue weighted by Crippen LogP contribution is -2.43. The van der Waals surface area contributed by atoms with Crippen molar-refractivity contribution >= 4 is 28.3 Å². The molecule has 7 rings (SSSR count). The van der Waals surface area contributed by atoms with Crippen LogP contribution in [0.4, 0.5) is 5.69 Å². The Morgan fingerprint density at radius 1 is 1.05 bits per heavy atom. The van der Waals surface area contributed by atoms with Crippen molar-refractivity contribution in [2.24, 2.45) is 11.8 Å². The zero-order chi connectivity index (χ0) is 26.8. The molecule has 3 aromatic carbocycles. The van der Waals surface area contributed by atoms with Crippen LogP contribution >= 0.6 is 0 Å². The van der Waals surface area contributed by atoms with E-state index in [1.165, 1.54) is 4.90 Å². The van der Waals surface area contributed by atoms with E-state index in [1.54, 1.807) is 18.6 Å². The molecule has 39 heavy (non-hydrogen) atoms. The van der Waals surface area contributed by atoms with E-state index in [-0.39, 0.29) is 11.8 Å². The highest BCUT2D eigenvalue weighted by Crippen LogP contribution is 2.62. The third-order valence-electron chi connectivity index (χ3n) is 8.70. The number of imide groups is 1. The molecule has 8 heteroatoms. The highest BCUT2D eigenvalue weighted by molar-refractivity contribution is 6.24. The van der Waals surface area contributed by atoms with E-state index < -0.39 is 23.0 Å². The summed E-state index contributed by atoms with van der Waals surface area (Å²) in [6.45, 7) is 2.29. The number of ether oxygens (including phenoxy) is 2. The molecule has 0 spiro atoms. The number of hydrogen-bond donors (Lipinski definition) is 0. The summed E-state index contributed by atoms with van der Waals surface area (Å²) in [6.07, 6.45) is 7.21. The summed E-state index contributed by atoms with van der Waals surface area (Å²) in [5.41, 5.74) is 0.175. The molecule has 2 amide bonds. The normalized spacial score (nSPS) is 27.2. The van der Waals surface area contributed by atoms with E-state index in [0.717, 1.165) is 22.2 Å². The summed E-state index contributed by atoms with van der Waals surface area (Å²) in [6, 6.07) is 21.0. The number of anilines is 1. The maximum atomic E-state index is 14.0. The number of nitriles is 1. The number of aromatic nitrogens is 2. The molecule has 194 valence electrons. The van der Waals surface area contributed by atoms with Crippen LogP contribution in [0.5, 0.6) is 5.75 Å². The Labute approximate surface area is 225 Å². The topological polar surface area (TPSA) is 97.4 Å². The van der Waals surface area contributed by atoms with Crippen LogP contribution in [0.25, 0.3) is 16.5 Å². The Bertz CT molecular complexity index is 1660. The van der Waals surface area contributed by atoms with Gasteiger partial charge in [-0.2, -0.15) is 5.26 Å². The first kappa shape index (κ1) is 23.6. The molecule has 3 fully saturated rings. The molecule has 0 aliphatic carbocycles. The number of hydrogen-bond acceptors (Lipinski definition) is 6. The van der Waals surface area contributed by atoms with Crippen molar-refractivity contribution in [3.05, 3.63) is 84.9 Å². The molecule has 0 radical (unpaired) electrons. The second-order valence-electron chi connectivity index (χ2n) is 10.8. The number of nitrogens with zero attached hydrogens (tertiary/aromatic N) is 4. The van der Waals surface area contributed by atoms with Crippen molar-refractivity contribution in [2.45, 2.75) is 37.4 Å². The minimum atomic E-state index is -0.776. The third-order valence-corrected chi connectivity index (χ3v) is 8.70. The average molecular weight is 519 g/mol. The quantitative estimate of drug-likeness (QED) is 0.341. The fourth-order valence-electron chi connectivity index (χ4n) is 6.88. The smallest absolute Gasteiger partial charge is 0.240 e. The Morgan fingerprint density at radius 2 is 1.85 bits per heavy atom. The lowest BCUT2D eigenvalue weighted by Gasteiger charge is -2.31. The van der Waals surface area contributed by atoms with Gasteiger partial charge in [0.15, 0.2) is 0 Å². The maximum absolute atomic E-state index is 14.0. The molecule has 4 atom stereocenters. The molecular weight excluding hydrogens is 492 g/mol. The van der Waals surface area contributed by atoms with Crippen LogP contribution in [-0.2, 0) is 14.3 Å². The molecular formula is C31H26N4O4. The number of rotatable bonds is 6. The van der Waals surface area contributed by atoms with E-state index in [1.807, 2.05) is 72.3 Å². The van der Waals surface area contributed by atoms with E-state index >= 15 is 0 Å². The van der Waals surface area contributed by atoms with Crippen molar-refractivity contribution in [2.75, 3.05) is 11.5 Å². The summed E-state index contributed by atoms with van der Waals surface area (Å²) in [5, 5.41) is 11.6. The summed E-state index contributed by atoms with van der Waals surface area (Å²) in [4.78, 5) is 33.2. The maximum Gasteiger partial charge on any atom is 0.240 e. The highest BCUT2D eigenvalue weighted by Gasteiger charge is 2.74. The van der Waals surface area contributed by atoms with Crippen molar-refractivity contribution in [3.63, 3.8) is 0 Å². The molecule has 0 saturated carbocycles. The van der Waals surface area contributed by atoms with Gasteiger partial charge < -0.3 is 14.0 Å². The van der Waals surface area contributed by atoms with E-state index in [0.29, 0.717) is 37.1 Å². The van der Waals surface area contributed by atoms with Gasteiger partial charge in [0.05, 0.1) is 47.2 Å². The van der Waals surface area contributed by atoms with Crippen molar-refractivity contribution in [3.8, 4) is 17.5 Å². The molecule has 3 aliphatic rings. The van der Waals surface area contributed by atoms with Crippen LogP contribution in [0.15, 0.2) is 79.4 Å². The van der Waals surface area contributed by atoms with Gasteiger partial charge in [0.2, 0.25) is 11.8 Å². The fraction of sp³-hybridized carbons (Fsp3) is 0.290. The van der Waals surface area contributed by atoms with Gasteiger partial charge in [-0.15, -0.1) is 0 Å². The van der Waals surface area contributed by atoms with Gasteiger partial charge in [0.1, 0.15) is 11.8 Å². The number of carbonyl (C=O) groups excluding carboxylic acids is 2. The molecule has 1 aromatic heterocycles. The van der Waals surface area contributed by atoms with Crippen molar-refractivity contribution in [1.82, 2.24) is 9.55 Å². The van der Waals surface area contributed by atoms with Gasteiger partial charge in [0.25, 0.3) is 0 Å². The second-order valence-corrected chi connectivity index (χ2v) is 10.8. The van der Waals surface area contributed by atoms with Crippen LogP contribution in [0.1, 0.15) is 31.7 Å².